The van der Waals surface area contributed by atoms with E-state index in [1.165, 1.54) is 11.3 Å². The molecule has 118 valence electrons. The fourth-order valence-corrected chi connectivity index (χ4v) is 4.72. The molecule has 1 saturated carbocycles. The largest absolute Gasteiger partial charge is 0.274 e. The summed E-state index contributed by atoms with van der Waals surface area (Å²) >= 11 is 1.45. The van der Waals surface area contributed by atoms with Crippen LogP contribution in [-0.4, -0.2) is 25.1 Å². The minimum absolute atomic E-state index is 0.0666. The Morgan fingerprint density at radius 1 is 1.43 bits per heavy atom. The van der Waals surface area contributed by atoms with Gasteiger partial charge in [-0.1, -0.05) is 19.8 Å². The number of rotatable bonds is 5. The molecule has 5 nitrogen and oxygen atoms in total. The fraction of sp³-hybridized carbons (Fsp3) is 0.714. The molecule has 2 unspecified atom stereocenters. The van der Waals surface area contributed by atoms with Crippen LogP contribution in [-0.2, 0) is 21.2 Å². The molecule has 1 aliphatic carbocycles. The first kappa shape index (κ1) is 16.4. The van der Waals surface area contributed by atoms with E-state index in [-0.39, 0.29) is 23.5 Å². The molecule has 1 fully saturated rings. The number of hydrogen-bond acceptors (Lipinski definition) is 5. The third kappa shape index (κ3) is 4.51. The summed E-state index contributed by atoms with van der Waals surface area (Å²) < 4.78 is 26.4. The molecule has 0 spiro atoms. The Morgan fingerprint density at radius 3 is 2.76 bits per heavy atom. The highest BCUT2D eigenvalue weighted by atomic mass is 32.2. The molecular weight excluding hydrogens is 308 g/mol. The quantitative estimate of drug-likeness (QED) is 0.898. The van der Waals surface area contributed by atoms with Crippen molar-refractivity contribution in [1.82, 2.24) is 9.71 Å². The van der Waals surface area contributed by atoms with E-state index in [9.17, 15) is 13.2 Å². The van der Waals surface area contributed by atoms with E-state index in [0.29, 0.717) is 6.42 Å². The molecular formula is C14H22N2O3S2. The molecule has 21 heavy (non-hydrogen) atoms. The van der Waals surface area contributed by atoms with Gasteiger partial charge in [-0.05, 0) is 32.1 Å². The normalized spacial score (nSPS) is 23.0. The van der Waals surface area contributed by atoms with Gasteiger partial charge in [0.2, 0.25) is 15.9 Å². The molecule has 0 radical (unpaired) electrons. The Labute approximate surface area is 130 Å². The summed E-state index contributed by atoms with van der Waals surface area (Å²) in [5.41, 5.74) is 2.57. The number of aromatic nitrogens is 1. The smallest absolute Gasteiger partial charge is 0.236 e. The lowest BCUT2D eigenvalue weighted by atomic mass is 9.80. The number of sulfonamides is 1. The van der Waals surface area contributed by atoms with Gasteiger partial charge in [0.15, 0.2) is 0 Å². The van der Waals surface area contributed by atoms with Crippen molar-refractivity contribution in [1.29, 1.82) is 0 Å². The summed E-state index contributed by atoms with van der Waals surface area (Å²) in [4.78, 5) is 17.2. The molecule has 2 atom stereocenters. The fourth-order valence-electron chi connectivity index (χ4n) is 2.78. The van der Waals surface area contributed by atoms with Gasteiger partial charge in [0.05, 0.1) is 17.0 Å². The van der Waals surface area contributed by atoms with Crippen molar-refractivity contribution in [3.8, 4) is 0 Å². The first-order valence-electron chi connectivity index (χ1n) is 7.32. The standard InChI is InChI=1S/C14H22N2O3S2/c1-10-5-3-4-6-12(10)14(17)16-21(18,19)8-7-13-11(2)15-9-20-13/h9-10,12H,3-8H2,1-2H3,(H,16,17). The summed E-state index contributed by atoms with van der Waals surface area (Å²) in [5.74, 6) is -0.303. The Kier molecular flexibility index (Phi) is 5.37. The zero-order valence-corrected chi connectivity index (χ0v) is 14.1. The lowest BCUT2D eigenvalue weighted by molar-refractivity contribution is -0.125. The second-order valence-corrected chi connectivity index (χ2v) is 8.55. The zero-order valence-electron chi connectivity index (χ0n) is 12.5. The first-order valence-corrected chi connectivity index (χ1v) is 9.85. The Morgan fingerprint density at radius 2 is 2.14 bits per heavy atom. The molecule has 2 rings (SSSR count). The summed E-state index contributed by atoms with van der Waals surface area (Å²) in [6, 6.07) is 0. The average molecular weight is 330 g/mol. The summed E-state index contributed by atoms with van der Waals surface area (Å²) in [6.45, 7) is 3.89. The maximum Gasteiger partial charge on any atom is 0.236 e. The minimum atomic E-state index is -3.57. The van der Waals surface area contributed by atoms with Crippen LogP contribution in [0.5, 0.6) is 0 Å². The molecule has 0 aliphatic heterocycles. The van der Waals surface area contributed by atoms with Crippen molar-refractivity contribution in [2.75, 3.05) is 5.75 Å². The number of aryl methyl sites for hydroxylation is 2. The highest BCUT2D eigenvalue weighted by molar-refractivity contribution is 7.90. The molecule has 0 saturated heterocycles. The second kappa shape index (κ2) is 6.87. The number of thiazole rings is 1. The third-order valence-electron chi connectivity index (χ3n) is 4.15. The Balaban J connectivity index is 1.91. The third-order valence-corrected chi connectivity index (χ3v) is 6.40. The molecule has 0 bridgehead atoms. The van der Waals surface area contributed by atoms with Crippen molar-refractivity contribution in [2.45, 2.75) is 46.0 Å². The predicted molar refractivity (Wildman–Crippen MR) is 83.6 cm³/mol. The van der Waals surface area contributed by atoms with Crippen LogP contribution in [0.15, 0.2) is 5.51 Å². The van der Waals surface area contributed by atoms with Gasteiger partial charge in [0.1, 0.15) is 0 Å². The molecule has 1 aliphatic rings. The first-order chi connectivity index (χ1) is 9.89. The van der Waals surface area contributed by atoms with Crippen molar-refractivity contribution >= 4 is 27.3 Å². The van der Waals surface area contributed by atoms with E-state index in [1.807, 2.05) is 13.8 Å². The maximum atomic E-state index is 12.2. The number of carbonyl (C=O) groups excluding carboxylic acids is 1. The Bertz CT molecular complexity index is 595. The van der Waals surface area contributed by atoms with Crippen molar-refractivity contribution < 1.29 is 13.2 Å². The van der Waals surface area contributed by atoms with Crippen LogP contribution in [0.1, 0.15) is 43.2 Å². The number of hydrogen-bond donors (Lipinski definition) is 1. The number of amides is 1. The summed E-state index contributed by atoms with van der Waals surface area (Å²) in [6.07, 6.45) is 4.32. The highest BCUT2D eigenvalue weighted by Crippen LogP contribution is 2.29. The van der Waals surface area contributed by atoms with Crippen molar-refractivity contribution in [3.05, 3.63) is 16.1 Å². The van der Waals surface area contributed by atoms with Gasteiger partial charge in [-0.3, -0.25) is 9.52 Å². The van der Waals surface area contributed by atoms with Gasteiger partial charge in [0.25, 0.3) is 0 Å². The van der Waals surface area contributed by atoms with Crippen LogP contribution in [0.25, 0.3) is 0 Å². The average Bonchev–Trinajstić information content (AvgIpc) is 2.82. The van der Waals surface area contributed by atoms with E-state index in [1.54, 1.807) is 5.51 Å². The maximum absolute atomic E-state index is 12.2. The summed E-state index contributed by atoms with van der Waals surface area (Å²) in [7, 11) is -3.57. The topological polar surface area (TPSA) is 76.1 Å². The van der Waals surface area contributed by atoms with Gasteiger partial charge in [-0.25, -0.2) is 13.4 Å². The molecule has 0 aromatic carbocycles. The van der Waals surface area contributed by atoms with Crippen LogP contribution in [0.2, 0.25) is 0 Å². The number of carbonyl (C=O) groups is 1. The molecule has 1 aromatic rings. The van der Waals surface area contributed by atoms with Gasteiger partial charge in [-0.2, -0.15) is 0 Å². The predicted octanol–water partition coefficient (Wildman–Crippen LogP) is 2.27. The van der Waals surface area contributed by atoms with Crippen LogP contribution < -0.4 is 4.72 Å². The minimum Gasteiger partial charge on any atom is -0.274 e. The monoisotopic (exact) mass is 330 g/mol. The van der Waals surface area contributed by atoms with E-state index < -0.39 is 10.0 Å². The van der Waals surface area contributed by atoms with Crippen LogP contribution >= 0.6 is 11.3 Å². The van der Waals surface area contributed by atoms with E-state index in [0.717, 1.165) is 36.3 Å². The van der Waals surface area contributed by atoms with Crippen LogP contribution in [0.3, 0.4) is 0 Å². The zero-order chi connectivity index (χ0) is 15.5. The van der Waals surface area contributed by atoms with Crippen molar-refractivity contribution in [3.63, 3.8) is 0 Å². The highest BCUT2D eigenvalue weighted by Gasteiger charge is 2.30. The lowest BCUT2D eigenvalue weighted by Crippen LogP contribution is -2.40. The van der Waals surface area contributed by atoms with Gasteiger partial charge < -0.3 is 0 Å². The molecule has 1 heterocycles. The molecule has 1 N–H and O–H groups in total. The summed E-state index contributed by atoms with van der Waals surface area (Å²) in [5, 5.41) is 0. The molecule has 1 amide bonds. The van der Waals surface area contributed by atoms with E-state index in [2.05, 4.69) is 9.71 Å². The molecule has 1 aromatic heterocycles. The molecule has 7 heteroatoms. The van der Waals surface area contributed by atoms with Crippen molar-refractivity contribution in [2.24, 2.45) is 11.8 Å². The number of nitrogens with one attached hydrogen (secondary N) is 1. The number of nitrogens with zero attached hydrogens (tertiary/aromatic N) is 1. The van der Waals surface area contributed by atoms with Gasteiger partial charge >= 0.3 is 0 Å². The lowest BCUT2D eigenvalue weighted by Gasteiger charge is -2.27. The SMILES string of the molecule is Cc1ncsc1CCS(=O)(=O)NC(=O)C1CCCCC1C. The van der Waals surface area contributed by atoms with E-state index >= 15 is 0 Å². The van der Waals surface area contributed by atoms with Gasteiger partial charge in [-0.15, -0.1) is 11.3 Å². The Hall–Kier alpha value is -0.950. The van der Waals surface area contributed by atoms with Crippen LogP contribution in [0, 0.1) is 18.8 Å². The van der Waals surface area contributed by atoms with Gasteiger partial charge in [0, 0.05) is 10.8 Å². The second-order valence-electron chi connectivity index (χ2n) is 5.76. The van der Waals surface area contributed by atoms with E-state index in [4.69, 9.17) is 0 Å². The van der Waals surface area contributed by atoms with Crippen LogP contribution in [0.4, 0.5) is 0 Å².